The number of urea groups is 1. The van der Waals surface area contributed by atoms with Gasteiger partial charge in [0.25, 0.3) is 0 Å². The molecule has 2 amide bonds. The summed E-state index contributed by atoms with van der Waals surface area (Å²) in [5.41, 5.74) is 0. The summed E-state index contributed by atoms with van der Waals surface area (Å²) >= 11 is 1.49. The summed E-state index contributed by atoms with van der Waals surface area (Å²) in [5, 5.41) is 5.68. The summed E-state index contributed by atoms with van der Waals surface area (Å²) in [6, 6.07) is 0.835. The van der Waals surface area contributed by atoms with Gasteiger partial charge in [-0.1, -0.05) is 20.8 Å². The van der Waals surface area contributed by atoms with Crippen LogP contribution in [0.3, 0.4) is 0 Å². The van der Waals surface area contributed by atoms with Gasteiger partial charge < -0.3 is 4.90 Å². The maximum absolute atomic E-state index is 13.1. The summed E-state index contributed by atoms with van der Waals surface area (Å²) in [5.74, 6) is 2.21. The fourth-order valence-electron chi connectivity index (χ4n) is 4.72. The van der Waals surface area contributed by atoms with E-state index in [0.717, 1.165) is 31.6 Å². The predicted molar refractivity (Wildman–Crippen MR) is 100 cm³/mol. The molecule has 0 spiro atoms. The minimum Gasteiger partial charge on any atom is -0.318 e. The van der Waals surface area contributed by atoms with Gasteiger partial charge in [-0.3, -0.25) is 5.32 Å². The van der Waals surface area contributed by atoms with Gasteiger partial charge in [-0.25, -0.2) is 9.78 Å². The van der Waals surface area contributed by atoms with Gasteiger partial charge in [0.15, 0.2) is 5.13 Å². The lowest BCUT2D eigenvalue weighted by Gasteiger charge is -2.44. The summed E-state index contributed by atoms with van der Waals surface area (Å²) in [7, 11) is 0. The normalized spacial score (nSPS) is 33.9. The molecule has 2 aliphatic rings. The van der Waals surface area contributed by atoms with Gasteiger partial charge in [-0.15, -0.1) is 11.3 Å². The van der Waals surface area contributed by atoms with Crippen molar-refractivity contribution in [3.05, 3.63) is 11.6 Å². The molecule has 1 aromatic heterocycles. The van der Waals surface area contributed by atoms with Gasteiger partial charge in [-0.2, -0.15) is 0 Å². The number of rotatable bonds is 3. The molecule has 0 saturated heterocycles. The molecule has 2 unspecified atom stereocenters. The molecule has 0 aromatic carbocycles. The highest BCUT2D eigenvalue weighted by Crippen LogP contribution is 2.36. The minimum atomic E-state index is 0.0656. The van der Waals surface area contributed by atoms with Crippen molar-refractivity contribution in [2.24, 2.45) is 17.8 Å². The Labute approximate surface area is 150 Å². The second kappa shape index (κ2) is 7.85. The van der Waals surface area contributed by atoms with Crippen molar-refractivity contribution in [3.63, 3.8) is 0 Å². The molecule has 0 aliphatic heterocycles. The number of hydrogen-bond donors (Lipinski definition) is 1. The SMILES string of the molecule is CC1CCC(N(C(=O)Nc2nccs2)C2CC(C)CC(C)C2)CC1. The van der Waals surface area contributed by atoms with Crippen LogP contribution in [-0.2, 0) is 0 Å². The van der Waals surface area contributed by atoms with Crippen LogP contribution in [0.15, 0.2) is 11.6 Å². The molecule has 2 saturated carbocycles. The molecule has 0 bridgehead atoms. The zero-order chi connectivity index (χ0) is 17.1. The van der Waals surface area contributed by atoms with Crippen LogP contribution in [0.2, 0.25) is 0 Å². The Morgan fingerprint density at radius 1 is 1.04 bits per heavy atom. The summed E-state index contributed by atoms with van der Waals surface area (Å²) < 4.78 is 0. The number of nitrogens with zero attached hydrogens (tertiary/aromatic N) is 2. The van der Waals surface area contributed by atoms with Crippen LogP contribution in [0.1, 0.15) is 65.7 Å². The Hall–Kier alpha value is -1.10. The van der Waals surface area contributed by atoms with Crippen LogP contribution < -0.4 is 5.32 Å². The number of amides is 2. The van der Waals surface area contributed by atoms with E-state index >= 15 is 0 Å². The van der Waals surface area contributed by atoms with Crippen molar-refractivity contribution in [2.45, 2.75) is 77.8 Å². The second-order valence-electron chi connectivity index (χ2n) is 8.16. The predicted octanol–water partition coefficient (Wildman–Crippen LogP) is 5.38. The van der Waals surface area contributed by atoms with Crippen molar-refractivity contribution in [1.29, 1.82) is 0 Å². The maximum Gasteiger partial charge on any atom is 0.324 e. The molecule has 2 aliphatic carbocycles. The smallest absolute Gasteiger partial charge is 0.318 e. The van der Waals surface area contributed by atoms with E-state index in [-0.39, 0.29) is 6.03 Å². The number of carbonyl (C=O) groups is 1. The monoisotopic (exact) mass is 349 g/mol. The first-order valence-corrected chi connectivity index (χ1v) is 10.4. The Balaban J connectivity index is 1.76. The molecule has 134 valence electrons. The number of nitrogens with one attached hydrogen (secondary N) is 1. The van der Waals surface area contributed by atoms with Gasteiger partial charge in [0.1, 0.15) is 0 Å². The highest BCUT2D eigenvalue weighted by atomic mass is 32.1. The molecular formula is C19H31N3OS. The Kier molecular flexibility index (Phi) is 5.80. The van der Waals surface area contributed by atoms with E-state index in [1.165, 1.54) is 30.6 Å². The quantitative estimate of drug-likeness (QED) is 0.796. The first-order valence-electron chi connectivity index (χ1n) is 9.51. The van der Waals surface area contributed by atoms with Gasteiger partial charge in [0.05, 0.1) is 0 Å². The average Bonchev–Trinajstić information content (AvgIpc) is 3.01. The average molecular weight is 350 g/mol. The maximum atomic E-state index is 13.1. The molecule has 2 atom stereocenters. The molecule has 3 rings (SSSR count). The summed E-state index contributed by atoms with van der Waals surface area (Å²) in [4.78, 5) is 19.5. The lowest BCUT2D eigenvalue weighted by atomic mass is 9.78. The van der Waals surface area contributed by atoms with Crippen molar-refractivity contribution >= 4 is 22.5 Å². The molecule has 4 nitrogen and oxygen atoms in total. The third kappa shape index (κ3) is 4.29. The molecular weight excluding hydrogens is 318 g/mol. The Bertz CT molecular complexity index is 515. The van der Waals surface area contributed by atoms with Gasteiger partial charge in [0.2, 0.25) is 0 Å². The van der Waals surface area contributed by atoms with E-state index in [9.17, 15) is 4.79 Å². The number of carbonyl (C=O) groups excluding carboxylic acids is 1. The second-order valence-corrected chi connectivity index (χ2v) is 9.05. The van der Waals surface area contributed by atoms with E-state index < -0.39 is 0 Å². The lowest BCUT2D eigenvalue weighted by Crippen LogP contribution is -2.52. The summed E-state index contributed by atoms with van der Waals surface area (Å²) in [6.45, 7) is 7.01. The van der Waals surface area contributed by atoms with Crippen molar-refractivity contribution in [2.75, 3.05) is 5.32 Å². The van der Waals surface area contributed by atoms with Crippen LogP contribution >= 0.6 is 11.3 Å². The molecule has 0 radical (unpaired) electrons. The first-order chi connectivity index (χ1) is 11.5. The molecule has 24 heavy (non-hydrogen) atoms. The topological polar surface area (TPSA) is 45.2 Å². The first kappa shape index (κ1) is 17.7. The highest BCUT2D eigenvalue weighted by Gasteiger charge is 2.36. The van der Waals surface area contributed by atoms with Crippen molar-refractivity contribution in [1.82, 2.24) is 9.88 Å². The van der Waals surface area contributed by atoms with Crippen molar-refractivity contribution < 1.29 is 4.79 Å². The van der Waals surface area contributed by atoms with E-state index in [1.54, 1.807) is 6.20 Å². The fourth-order valence-corrected chi connectivity index (χ4v) is 5.24. The largest absolute Gasteiger partial charge is 0.324 e. The Morgan fingerprint density at radius 2 is 1.71 bits per heavy atom. The number of aromatic nitrogens is 1. The van der Waals surface area contributed by atoms with Crippen LogP contribution in [0.25, 0.3) is 0 Å². The number of anilines is 1. The third-order valence-electron chi connectivity index (χ3n) is 5.81. The van der Waals surface area contributed by atoms with Crippen LogP contribution in [0.5, 0.6) is 0 Å². The van der Waals surface area contributed by atoms with E-state index in [1.807, 2.05) is 5.38 Å². The summed E-state index contributed by atoms with van der Waals surface area (Å²) in [6.07, 6.45) is 10.1. The molecule has 5 heteroatoms. The Morgan fingerprint density at radius 3 is 2.29 bits per heavy atom. The molecule has 1 heterocycles. The number of hydrogen-bond acceptors (Lipinski definition) is 3. The minimum absolute atomic E-state index is 0.0656. The number of thiazole rings is 1. The molecule has 1 aromatic rings. The standard InChI is InChI=1S/C19H31N3OS/c1-13-4-6-16(7-5-13)22(17-11-14(2)10-15(3)12-17)19(23)21-18-20-8-9-24-18/h8-9,13-17H,4-7,10-12H2,1-3H3,(H,20,21,23). The fraction of sp³-hybridized carbons (Fsp3) is 0.789. The molecule has 1 N–H and O–H groups in total. The van der Waals surface area contributed by atoms with Crippen LogP contribution in [0, 0.1) is 17.8 Å². The van der Waals surface area contributed by atoms with Gasteiger partial charge >= 0.3 is 6.03 Å². The van der Waals surface area contributed by atoms with E-state index in [2.05, 4.69) is 36.0 Å². The van der Waals surface area contributed by atoms with Crippen LogP contribution in [-0.4, -0.2) is 28.0 Å². The zero-order valence-electron chi connectivity index (χ0n) is 15.2. The van der Waals surface area contributed by atoms with E-state index in [4.69, 9.17) is 0 Å². The highest BCUT2D eigenvalue weighted by molar-refractivity contribution is 7.13. The van der Waals surface area contributed by atoms with Crippen LogP contribution in [0.4, 0.5) is 9.93 Å². The zero-order valence-corrected chi connectivity index (χ0v) is 16.0. The lowest BCUT2D eigenvalue weighted by molar-refractivity contribution is 0.0804. The molecule has 2 fully saturated rings. The third-order valence-corrected chi connectivity index (χ3v) is 6.50. The van der Waals surface area contributed by atoms with E-state index in [0.29, 0.717) is 29.1 Å². The van der Waals surface area contributed by atoms with Gasteiger partial charge in [0, 0.05) is 23.7 Å². The van der Waals surface area contributed by atoms with Gasteiger partial charge in [-0.05, 0) is 62.7 Å². The van der Waals surface area contributed by atoms with Crippen molar-refractivity contribution in [3.8, 4) is 0 Å².